The minimum Gasteiger partial charge on any atom is -0.378 e. The van der Waals surface area contributed by atoms with Crippen molar-refractivity contribution in [1.82, 2.24) is 14.9 Å². The van der Waals surface area contributed by atoms with E-state index < -0.39 is 0 Å². The van der Waals surface area contributed by atoms with Crippen LogP contribution in [-0.4, -0.2) is 66.2 Å². The third kappa shape index (κ3) is 2.84. The number of hydrogen-bond donors (Lipinski definition) is 1. The average Bonchev–Trinajstić information content (AvgIpc) is 2.55. The SMILES string of the molecule is CCOC1CC(Nc2cc(N3CCN(C)C(=O)C3)ncn2)C12CCC2. The second kappa shape index (κ2) is 6.44. The Bertz CT molecular complexity index is 648. The van der Waals surface area contributed by atoms with Crippen molar-refractivity contribution in [3.05, 3.63) is 12.4 Å². The van der Waals surface area contributed by atoms with Crippen LogP contribution in [0.3, 0.4) is 0 Å². The summed E-state index contributed by atoms with van der Waals surface area (Å²) in [5.41, 5.74) is 0.297. The number of nitrogens with one attached hydrogen (secondary N) is 1. The molecule has 7 heteroatoms. The molecule has 3 aliphatic rings. The first-order valence-electron chi connectivity index (χ1n) is 9.31. The third-order valence-corrected chi connectivity index (χ3v) is 6.19. The molecule has 3 fully saturated rings. The molecule has 1 aromatic heterocycles. The lowest BCUT2D eigenvalue weighted by molar-refractivity contribution is -0.157. The van der Waals surface area contributed by atoms with Crippen molar-refractivity contribution in [2.45, 2.75) is 44.8 Å². The third-order valence-electron chi connectivity index (χ3n) is 6.19. The molecular formula is C18H27N5O2. The molecule has 0 radical (unpaired) electrons. The molecule has 2 unspecified atom stereocenters. The maximum atomic E-state index is 11.9. The fourth-order valence-electron chi connectivity index (χ4n) is 4.37. The molecule has 1 aliphatic heterocycles. The van der Waals surface area contributed by atoms with E-state index >= 15 is 0 Å². The zero-order valence-corrected chi connectivity index (χ0v) is 15.1. The highest BCUT2D eigenvalue weighted by molar-refractivity contribution is 5.82. The predicted molar refractivity (Wildman–Crippen MR) is 95.6 cm³/mol. The number of likely N-dealkylation sites (N-methyl/N-ethyl adjacent to an activating group) is 1. The first-order chi connectivity index (χ1) is 12.1. The normalized spacial score (nSPS) is 27.8. The van der Waals surface area contributed by atoms with Crippen molar-refractivity contribution in [3.8, 4) is 0 Å². The zero-order valence-electron chi connectivity index (χ0n) is 15.1. The van der Waals surface area contributed by atoms with E-state index in [2.05, 4.69) is 22.2 Å². The van der Waals surface area contributed by atoms with Gasteiger partial charge in [0.15, 0.2) is 0 Å². The highest BCUT2D eigenvalue weighted by Gasteiger charge is 2.59. The van der Waals surface area contributed by atoms with E-state index in [-0.39, 0.29) is 5.91 Å². The molecule has 2 heterocycles. The van der Waals surface area contributed by atoms with Gasteiger partial charge in [0.1, 0.15) is 18.0 Å². The Labute approximate surface area is 148 Å². The van der Waals surface area contributed by atoms with Crippen LogP contribution in [0.15, 0.2) is 12.4 Å². The number of piperazine rings is 1. The van der Waals surface area contributed by atoms with Gasteiger partial charge in [-0.1, -0.05) is 6.42 Å². The van der Waals surface area contributed by atoms with E-state index in [9.17, 15) is 4.79 Å². The van der Waals surface area contributed by atoms with Gasteiger partial charge in [-0.3, -0.25) is 4.79 Å². The van der Waals surface area contributed by atoms with E-state index in [4.69, 9.17) is 4.74 Å². The van der Waals surface area contributed by atoms with Gasteiger partial charge >= 0.3 is 0 Å². The quantitative estimate of drug-likeness (QED) is 0.872. The van der Waals surface area contributed by atoms with Crippen molar-refractivity contribution in [2.24, 2.45) is 5.41 Å². The van der Waals surface area contributed by atoms with Crippen molar-refractivity contribution in [3.63, 3.8) is 0 Å². The van der Waals surface area contributed by atoms with E-state index in [0.717, 1.165) is 37.8 Å². The lowest BCUT2D eigenvalue weighted by atomic mass is 9.51. The molecule has 25 heavy (non-hydrogen) atoms. The van der Waals surface area contributed by atoms with Crippen LogP contribution in [-0.2, 0) is 9.53 Å². The molecule has 1 N–H and O–H groups in total. The maximum absolute atomic E-state index is 11.9. The van der Waals surface area contributed by atoms with E-state index in [1.54, 1.807) is 11.2 Å². The van der Waals surface area contributed by atoms with Gasteiger partial charge in [-0.25, -0.2) is 9.97 Å². The second-order valence-corrected chi connectivity index (χ2v) is 7.46. The molecule has 0 aromatic carbocycles. The van der Waals surface area contributed by atoms with Crippen LogP contribution in [0, 0.1) is 5.41 Å². The topological polar surface area (TPSA) is 70.6 Å². The van der Waals surface area contributed by atoms with Gasteiger partial charge < -0.3 is 19.9 Å². The van der Waals surface area contributed by atoms with Crippen molar-refractivity contribution in [1.29, 1.82) is 0 Å². The van der Waals surface area contributed by atoms with Crippen molar-refractivity contribution >= 4 is 17.5 Å². The van der Waals surface area contributed by atoms with Crippen LogP contribution < -0.4 is 10.2 Å². The molecule has 1 aromatic rings. The highest BCUT2D eigenvalue weighted by Crippen LogP contribution is 2.58. The summed E-state index contributed by atoms with van der Waals surface area (Å²) in [7, 11) is 1.84. The largest absolute Gasteiger partial charge is 0.378 e. The summed E-state index contributed by atoms with van der Waals surface area (Å²) < 4.78 is 5.92. The molecule has 2 atom stereocenters. The second-order valence-electron chi connectivity index (χ2n) is 7.46. The highest BCUT2D eigenvalue weighted by atomic mass is 16.5. The van der Waals surface area contributed by atoms with Crippen molar-refractivity contribution in [2.75, 3.05) is 43.5 Å². The zero-order chi connectivity index (χ0) is 17.4. The summed E-state index contributed by atoms with van der Waals surface area (Å²) in [6, 6.07) is 2.40. The van der Waals surface area contributed by atoms with Gasteiger partial charge in [-0.2, -0.15) is 0 Å². The van der Waals surface area contributed by atoms with Gasteiger partial charge in [0.25, 0.3) is 0 Å². The number of anilines is 2. The number of amides is 1. The molecular weight excluding hydrogens is 318 g/mol. The van der Waals surface area contributed by atoms with Gasteiger partial charge in [-0.05, 0) is 26.2 Å². The summed E-state index contributed by atoms with van der Waals surface area (Å²) in [6.07, 6.45) is 6.79. The minimum atomic E-state index is 0.131. The van der Waals surface area contributed by atoms with Crippen LogP contribution in [0.1, 0.15) is 32.6 Å². The summed E-state index contributed by atoms with van der Waals surface area (Å²) in [6.45, 7) is 4.77. The number of carbonyl (C=O) groups excluding carboxylic acids is 1. The summed E-state index contributed by atoms with van der Waals surface area (Å²) in [5, 5.41) is 3.61. The molecule has 1 spiro atoms. The summed E-state index contributed by atoms with van der Waals surface area (Å²) in [4.78, 5) is 24.5. The fraction of sp³-hybridized carbons (Fsp3) is 0.722. The smallest absolute Gasteiger partial charge is 0.241 e. The lowest BCUT2D eigenvalue weighted by Gasteiger charge is -2.61. The Morgan fingerprint density at radius 2 is 2.20 bits per heavy atom. The predicted octanol–water partition coefficient (Wildman–Crippen LogP) is 1.51. The molecule has 2 saturated carbocycles. The summed E-state index contributed by atoms with van der Waals surface area (Å²) >= 11 is 0. The molecule has 1 amide bonds. The molecule has 1 saturated heterocycles. The van der Waals surface area contributed by atoms with Crippen LogP contribution in [0.4, 0.5) is 11.6 Å². The number of ether oxygens (including phenoxy) is 1. The number of rotatable bonds is 5. The summed E-state index contributed by atoms with van der Waals surface area (Å²) in [5.74, 6) is 1.80. The van der Waals surface area contributed by atoms with Gasteiger partial charge in [0.05, 0.1) is 12.6 Å². The Hall–Kier alpha value is -1.89. The first-order valence-corrected chi connectivity index (χ1v) is 9.31. The standard InChI is InChI=1S/C18H27N5O2/c1-3-25-14-9-13(18(14)5-4-6-18)21-15-10-16(20-12-19-15)23-8-7-22(2)17(24)11-23/h10,12-14H,3-9,11H2,1-2H3,(H,19,20,21). The van der Waals surface area contributed by atoms with Gasteiger partial charge in [0.2, 0.25) is 5.91 Å². The lowest BCUT2D eigenvalue weighted by Crippen LogP contribution is -2.64. The van der Waals surface area contributed by atoms with E-state index in [1.807, 2.05) is 18.0 Å². The molecule has 4 rings (SSSR count). The minimum absolute atomic E-state index is 0.131. The van der Waals surface area contributed by atoms with E-state index in [0.29, 0.717) is 24.1 Å². The van der Waals surface area contributed by atoms with Gasteiger partial charge in [0, 0.05) is 44.3 Å². The van der Waals surface area contributed by atoms with Crippen LogP contribution >= 0.6 is 0 Å². The number of hydrogen-bond acceptors (Lipinski definition) is 6. The fourth-order valence-corrected chi connectivity index (χ4v) is 4.37. The Morgan fingerprint density at radius 1 is 1.36 bits per heavy atom. The van der Waals surface area contributed by atoms with Crippen LogP contribution in [0.5, 0.6) is 0 Å². The monoisotopic (exact) mass is 345 g/mol. The van der Waals surface area contributed by atoms with Crippen LogP contribution in [0.2, 0.25) is 0 Å². The van der Waals surface area contributed by atoms with Gasteiger partial charge in [-0.15, -0.1) is 0 Å². The Balaban J connectivity index is 1.43. The molecule has 2 aliphatic carbocycles. The number of carbonyl (C=O) groups is 1. The first kappa shape index (κ1) is 16.6. The van der Waals surface area contributed by atoms with Crippen LogP contribution in [0.25, 0.3) is 0 Å². The molecule has 7 nitrogen and oxygen atoms in total. The van der Waals surface area contributed by atoms with Crippen molar-refractivity contribution < 1.29 is 9.53 Å². The Kier molecular flexibility index (Phi) is 4.27. The van der Waals surface area contributed by atoms with E-state index in [1.165, 1.54) is 19.3 Å². The number of nitrogens with zero attached hydrogens (tertiary/aromatic N) is 4. The average molecular weight is 345 g/mol. The molecule has 136 valence electrons. The number of aromatic nitrogens is 2. The maximum Gasteiger partial charge on any atom is 0.241 e. The molecule has 0 bridgehead atoms. The Morgan fingerprint density at radius 3 is 2.88 bits per heavy atom.